The van der Waals surface area contributed by atoms with Crippen LogP contribution in [0.2, 0.25) is 0 Å². The molecule has 2 aromatic carbocycles. The second-order valence-corrected chi connectivity index (χ2v) is 9.81. The Balaban J connectivity index is 1.79. The standard InChI is InChI=1S/C22H23F3N4O3S/c1-14(16-8-10-19(11-9-16)33(31,32)28(3)4)27-21(30)20-13-26-29(15(20)2)18-7-5-6-17(12-18)22(23,24)25/h5-14H,1-4H3,(H,27,30). The lowest BCUT2D eigenvalue weighted by Crippen LogP contribution is -2.27. The Morgan fingerprint density at radius 1 is 1.12 bits per heavy atom. The summed E-state index contributed by atoms with van der Waals surface area (Å²) in [5, 5.41) is 6.89. The van der Waals surface area contributed by atoms with Gasteiger partial charge >= 0.3 is 6.18 Å². The topological polar surface area (TPSA) is 84.3 Å². The van der Waals surface area contributed by atoms with E-state index in [0.717, 1.165) is 16.4 Å². The van der Waals surface area contributed by atoms with Crippen LogP contribution in [-0.2, 0) is 16.2 Å². The predicted octanol–water partition coefficient (Wildman–Crippen LogP) is 3.94. The first-order chi connectivity index (χ1) is 15.3. The number of nitrogens with one attached hydrogen (secondary N) is 1. The molecule has 3 rings (SSSR count). The van der Waals surface area contributed by atoms with Crippen molar-refractivity contribution >= 4 is 15.9 Å². The monoisotopic (exact) mass is 480 g/mol. The van der Waals surface area contributed by atoms with E-state index >= 15 is 0 Å². The van der Waals surface area contributed by atoms with Crippen LogP contribution in [0, 0.1) is 6.92 Å². The zero-order valence-electron chi connectivity index (χ0n) is 18.4. The summed E-state index contributed by atoms with van der Waals surface area (Å²) in [6, 6.07) is 10.4. The van der Waals surface area contributed by atoms with Crippen molar-refractivity contribution in [2.75, 3.05) is 14.1 Å². The van der Waals surface area contributed by atoms with E-state index in [1.54, 1.807) is 26.0 Å². The summed E-state index contributed by atoms with van der Waals surface area (Å²) in [6.07, 6.45) is -3.20. The zero-order valence-corrected chi connectivity index (χ0v) is 19.2. The van der Waals surface area contributed by atoms with Gasteiger partial charge in [-0.15, -0.1) is 0 Å². The lowest BCUT2D eigenvalue weighted by Gasteiger charge is -2.16. The van der Waals surface area contributed by atoms with Crippen LogP contribution < -0.4 is 5.32 Å². The van der Waals surface area contributed by atoms with Gasteiger partial charge in [0.25, 0.3) is 5.91 Å². The summed E-state index contributed by atoms with van der Waals surface area (Å²) in [6.45, 7) is 3.33. The van der Waals surface area contributed by atoms with Gasteiger partial charge in [0.2, 0.25) is 10.0 Å². The average molecular weight is 481 g/mol. The van der Waals surface area contributed by atoms with E-state index in [0.29, 0.717) is 11.3 Å². The first-order valence-electron chi connectivity index (χ1n) is 9.88. The molecule has 0 saturated heterocycles. The molecular formula is C22H23F3N4O3S. The van der Waals surface area contributed by atoms with Gasteiger partial charge in [-0.1, -0.05) is 18.2 Å². The molecule has 0 aliphatic carbocycles. The number of hydrogen-bond donors (Lipinski definition) is 1. The minimum absolute atomic E-state index is 0.132. The van der Waals surface area contributed by atoms with Gasteiger partial charge in [-0.05, 0) is 49.7 Å². The number of rotatable bonds is 6. The van der Waals surface area contributed by atoms with Crippen LogP contribution in [0.3, 0.4) is 0 Å². The second kappa shape index (κ2) is 8.99. The van der Waals surface area contributed by atoms with Gasteiger partial charge in [0.1, 0.15) is 0 Å². The smallest absolute Gasteiger partial charge is 0.345 e. The van der Waals surface area contributed by atoms with Crippen LogP contribution in [0.4, 0.5) is 13.2 Å². The summed E-state index contributed by atoms with van der Waals surface area (Å²) in [4.78, 5) is 12.9. The fraction of sp³-hybridized carbons (Fsp3) is 0.273. The lowest BCUT2D eigenvalue weighted by atomic mass is 10.1. The molecule has 7 nitrogen and oxygen atoms in total. The summed E-state index contributed by atoms with van der Waals surface area (Å²) in [5.41, 5.74) is 0.655. The third-order valence-corrected chi connectivity index (χ3v) is 7.01. The highest BCUT2D eigenvalue weighted by molar-refractivity contribution is 7.89. The molecule has 1 unspecified atom stereocenters. The van der Waals surface area contributed by atoms with Crippen molar-refractivity contribution in [2.45, 2.75) is 31.0 Å². The highest BCUT2D eigenvalue weighted by Gasteiger charge is 2.31. The molecule has 33 heavy (non-hydrogen) atoms. The highest BCUT2D eigenvalue weighted by atomic mass is 32.2. The maximum atomic E-state index is 13.0. The van der Waals surface area contributed by atoms with Crippen LogP contribution in [0.15, 0.2) is 59.6 Å². The van der Waals surface area contributed by atoms with E-state index in [1.165, 1.54) is 49.2 Å². The number of alkyl halides is 3. The molecule has 1 heterocycles. The fourth-order valence-corrected chi connectivity index (χ4v) is 4.11. The number of aromatic nitrogens is 2. The molecule has 0 saturated carbocycles. The summed E-state index contributed by atoms with van der Waals surface area (Å²) < 4.78 is 65.8. The number of amides is 1. The molecule has 1 aromatic heterocycles. The Morgan fingerprint density at radius 3 is 2.33 bits per heavy atom. The van der Waals surface area contributed by atoms with E-state index in [1.807, 2.05) is 0 Å². The maximum Gasteiger partial charge on any atom is 0.416 e. The van der Waals surface area contributed by atoms with Crippen molar-refractivity contribution in [3.05, 3.63) is 77.1 Å². The van der Waals surface area contributed by atoms with Gasteiger partial charge in [0.05, 0.1) is 39.6 Å². The first-order valence-corrected chi connectivity index (χ1v) is 11.3. The molecule has 0 spiro atoms. The summed E-state index contributed by atoms with van der Waals surface area (Å²) >= 11 is 0. The summed E-state index contributed by atoms with van der Waals surface area (Å²) in [5.74, 6) is -0.455. The minimum atomic E-state index is -4.49. The van der Waals surface area contributed by atoms with Gasteiger partial charge < -0.3 is 5.32 Å². The molecule has 0 bridgehead atoms. The Kier molecular flexibility index (Phi) is 6.66. The molecule has 0 aliphatic heterocycles. The molecule has 0 fully saturated rings. The van der Waals surface area contributed by atoms with Crippen molar-refractivity contribution in [2.24, 2.45) is 0 Å². The molecule has 176 valence electrons. The van der Waals surface area contributed by atoms with Gasteiger partial charge in [-0.3, -0.25) is 4.79 Å². The zero-order chi connectivity index (χ0) is 24.6. The van der Waals surface area contributed by atoms with Crippen LogP contribution in [0.5, 0.6) is 0 Å². The lowest BCUT2D eigenvalue weighted by molar-refractivity contribution is -0.137. The largest absolute Gasteiger partial charge is 0.416 e. The molecule has 1 atom stereocenters. The Hall–Kier alpha value is -3.18. The van der Waals surface area contributed by atoms with Crippen LogP contribution in [0.25, 0.3) is 5.69 Å². The number of benzene rings is 2. The fourth-order valence-electron chi connectivity index (χ4n) is 3.20. The molecule has 11 heteroatoms. The number of nitrogens with zero attached hydrogens (tertiary/aromatic N) is 3. The van der Waals surface area contributed by atoms with Crippen LogP contribution in [0.1, 0.15) is 40.1 Å². The predicted molar refractivity (Wildman–Crippen MR) is 116 cm³/mol. The molecular weight excluding hydrogens is 457 g/mol. The average Bonchev–Trinajstić information content (AvgIpc) is 3.14. The second-order valence-electron chi connectivity index (χ2n) is 7.66. The number of carbonyl (C=O) groups is 1. The van der Waals surface area contributed by atoms with Gasteiger partial charge in [-0.2, -0.15) is 18.3 Å². The molecule has 1 amide bonds. The van der Waals surface area contributed by atoms with Crippen molar-refractivity contribution in [1.82, 2.24) is 19.4 Å². The number of hydrogen-bond acceptors (Lipinski definition) is 4. The SMILES string of the molecule is Cc1c(C(=O)NC(C)c2ccc(S(=O)(=O)N(C)C)cc2)cnn1-c1cccc(C(F)(F)F)c1. The quantitative estimate of drug-likeness (QED) is 0.579. The Labute approximate surface area is 189 Å². The van der Waals surface area contributed by atoms with Crippen molar-refractivity contribution in [1.29, 1.82) is 0 Å². The van der Waals surface area contributed by atoms with E-state index in [4.69, 9.17) is 0 Å². The van der Waals surface area contributed by atoms with Gasteiger partial charge in [0.15, 0.2) is 0 Å². The van der Waals surface area contributed by atoms with Gasteiger partial charge in [-0.25, -0.2) is 17.4 Å². The van der Waals surface area contributed by atoms with E-state index < -0.39 is 33.7 Å². The van der Waals surface area contributed by atoms with Crippen LogP contribution in [-0.4, -0.2) is 42.5 Å². The van der Waals surface area contributed by atoms with E-state index in [9.17, 15) is 26.4 Å². The van der Waals surface area contributed by atoms with Gasteiger partial charge in [0, 0.05) is 14.1 Å². The minimum Gasteiger partial charge on any atom is -0.345 e. The van der Waals surface area contributed by atoms with Crippen molar-refractivity contribution in [3.8, 4) is 5.69 Å². The maximum absolute atomic E-state index is 13.0. The van der Waals surface area contributed by atoms with Crippen molar-refractivity contribution < 1.29 is 26.4 Å². The number of sulfonamides is 1. The first kappa shape index (κ1) is 24.5. The molecule has 3 aromatic rings. The molecule has 1 N–H and O–H groups in total. The molecule has 0 radical (unpaired) electrons. The number of carbonyl (C=O) groups excluding carboxylic acids is 1. The highest BCUT2D eigenvalue weighted by Crippen LogP contribution is 2.30. The van der Waals surface area contributed by atoms with Crippen LogP contribution >= 0.6 is 0 Å². The van der Waals surface area contributed by atoms with E-state index in [-0.39, 0.29) is 16.1 Å². The Morgan fingerprint density at radius 2 is 1.76 bits per heavy atom. The Bertz CT molecular complexity index is 1270. The van der Waals surface area contributed by atoms with E-state index in [2.05, 4.69) is 10.4 Å². The summed E-state index contributed by atoms with van der Waals surface area (Å²) in [7, 11) is -0.686. The van der Waals surface area contributed by atoms with Crippen molar-refractivity contribution in [3.63, 3.8) is 0 Å². The molecule has 0 aliphatic rings. The third-order valence-electron chi connectivity index (χ3n) is 5.18. The third kappa shape index (κ3) is 5.09. The normalized spacial score (nSPS) is 13.2. The number of halogens is 3.